The summed E-state index contributed by atoms with van der Waals surface area (Å²) >= 11 is 0. The summed E-state index contributed by atoms with van der Waals surface area (Å²) in [7, 11) is 1.23. The molecule has 0 atom stereocenters. The van der Waals surface area contributed by atoms with Crippen LogP contribution in [0.1, 0.15) is 33.1 Å². The van der Waals surface area contributed by atoms with Crippen LogP contribution in [-0.4, -0.2) is 49.1 Å². The number of alkyl halides is 6. The summed E-state index contributed by atoms with van der Waals surface area (Å²) < 4.78 is 79.3. The number of ketones is 1. The fourth-order valence-corrected chi connectivity index (χ4v) is 3.43. The molecule has 0 fully saturated rings. The normalized spacial score (nSPS) is 12.1. The highest BCUT2D eigenvalue weighted by Gasteiger charge is 2.32. The lowest BCUT2D eigenvalue weighted by molar-refractivity contribution is -0.141. The molecule has 0 aliphatic heterocycles. The topological polar surface area (TPSA) is 73.0 Å². The maximum absolute atomic E-state index is 13.1. The van der Waals surface area contributed by atoms with Gasteiger partial charge in [-0.2, -0.15) is 31.4 Å². The maximum atomic E-state index is 13.1. The molecule has 2 aromatic heterocycles. The average Bonchev–Trinajstić information content (AvgIpc) is 3.28. The highest BCUT2D eigenvalue weighted by molar-refractivity contribution is 6.43. The lowest BCUT2D eigenvalue weighted by Crippen LogP contribution is -2.34. The third-order valence-corrected chi connectivity index (χ3v) is 5.01. The van der Waals surface area contributed by atoms with Gasteiger partial charge in [-0.05, 0) is 32.0 Å². The van der Waals surface area contributed by atoms with Crippen molar-refractivity contribution in [3.8, 4) is 5.69 Å². The van der Waals surface area contributed by atoms with Crippen LogP contribution in [0.3, 0.4) is 0 Å². The Kier molecular flexibility index (Phi) is 6.58. The van der Waals surface area contributed by atoms with Crippen molar-refractivity contribution in [3.05, 3.63) is 65.0 Å². The number of aromatic nitrogens is 4. The van der Waals surface area contributed by atoms with Gasteiger partial charge in [0.15, 0.2) is 0 Å². The number of amides is 1. The molecule has 3 rings (SSSR count). The van der Waals surface area contributed by atoms with Crippen molar-refractivity contribution in [3.63, 3.8) is 0 Å². The molecule has 0 unspecified atom stereocenters. The van der Waals surface area contributed by atoms with Crippen LogP contribution in [-0.2, 0) is 24.1 Å². The third-order valence-electron chi connectivity index (χ3n) is 5.01. The van der Waals surface area contributed by atoms with E-state index >= 15 is 0 Å². The van der Waals surface area contributed by atoms with Crippen molar-refractivity contribution in [1.29, 1.82) is 0 Å². The van der Waals surface area contributed by atoms with Gasteiger partial charge in [-0.25, -0.2) is 9.67 Å². The van der Waals surface area contributed by atoms with Crippen molar-refractivity contribution in [2.75, 3.05) is 7.05 Å². The molecule has 0 N–H and O–H groups in total. The van der Waals surface area contributed by atoms with E-state index < -0.39 is 36.2 Å². The number of imidazole rings is 1. The van der Waals surface area contributed by atoms with Gasteiger partial charge in [0.25, 0.3) is 11.7 Å². The maximum Gasteiger partial charge on any atom is 0.416 e. The summed E-state index contributed by atoms with van der Waals surface area (Å²) in [6, 6.07) is 4.32. The van der Waals surface area contributed by atoms with Gasteiger partial charge in [-0.1, -0.05) is 6.07 Å². The van der Waals surface area contributed by atoms with Crippen LogP contribution in [0.4, 0.5) is 26.3 Å². The Labute approximate surface area is 189 Å². The van der Waals surface area contributed by atoms with E-state index in [0.717, 1.165) is 38.7 Å². The average molecular weight is 487 g/mol. The molecule has 7 nitrogen and oxygen atoms in total. The van der Waals surface area contributed by atoms with E-state index in [-0.39, 0.29) is 35.0 Å². The van der Waals surface area contributed by atoms with Gasteiger partial charge < -0.3 is 9.47 Å². The fourth-order valence-electron chi connectivity index (χ4n) is 3.43. The number of hydrogen-bond acceptors (Lipinski definition) is 4. The van der Waals surface area contributed by atoms with Gasteiger partial charge in [0.2, 0.25) is 0 Å². The molecule has 2 heterocycles. The Morgan fingerprint density at radius 2 is 1.76 bits per heavy atom. The Balaban J connectivity index is 1.85. The number of likely N-dealkylation sites (N-methyl/N-ethyl adjacent to an activating group) is 1. The molecule has 0 bridgehead atoms. The smallest absolute Gasteiger partial charge is 0.331 e. The zero-order valence-electron chi connectivity index (χ0n) is 18.2. The largest absolute Gasteiger partial charge is 0.416 e. The first-order valence-electron chi connectivity index (χ1n) is 9.79. The molecular formula is C21H19F6N5O2. The first-order valence-corrected chi connectivity index (χ1v) is 9.79. The van der Waals surface area contributed by atoms with E-state index in [1.165, 1.54) is 33.0 Å². The van der Waals surface area contributed by atoms with E-state index in [4.69, 9.17) is 0 Å². The first kappa shape index (κ1) is 25.0. The summed E-state index contributed by atoms with van der Waals surface area (Å²) in [4.78, 5) is 30.4. The quantitative estimate of drug-likeness (QED) is 0.298. The number of rotatable bonds is 6. The van der Waals surface area contributed by atoms with Crippen molar-refractivity contribution >= 4 is 11.7 Å². The highest BCUT2D eigenvalue weighted by atomic mass is 19.4. The van der Waals surface area contributed by atoms with E-state index in [1.807, 2.05) is 0 Å². The Bertz CT molecular complexity index is 1230. The summed E-state index contributed by atoms with van der Waals surface area (Å²) in [6.45, 7) is 1.18. The van der Waals surface area contributed by atoms with Gasteiger partial charge >= 0.3 is 12.4 Å². The van der Waals surface area contributed by atoms with E-state index in [0.29, 0.717) is 0 Å². The molecule has 0 radical (unpaired) electrons. The second-order valence-corrected chi connectivity index (χ2v) is 7.58. The second-order valence-electron chi connectivity index (χ2n) is 7.58. The van der Waals surface area contributed by atoms with Crippen LogP contribution in [0.2, 0.25) is 0 Å². The predicted octanol–water partition coefficient (Wildman–Crippen LogP) is 4.11. The molecule has 13 heteroatoms. The molecule has 3 aromatic rings. The van der Waals surface area contributed by atoms with E-state index in [2.05, 4.69) is 10.1 Å². The van der Waals surface area contributed by atoms with Gasteiger partial charge in [-0.3, -0.25) is 9.59 Å². The third kappa shape index (κ3) is 5.29. The zero-order chi connectivity index (χ0) is 25.4. The molecule has 0 saturated heterocycles. The Hall–Kier alpha value is -3.64. The molecular weight excluding hydrogens is 468 g/mol. The molecule has 182 valence electrons. The minimum atomic E-state index is -4.58. The molecule has 0 spiro atoms. The zero-order valence-corrected chi connectivity index (χ0v) is 18.2. The SMILES string of the molecule is Cc1nn(-c2cccc(C(F)(F)F)c2)c(C)c1C(=O)C(=O)N(C)Cc1nccn1CC(F)(F)F. The first-order chi connectivity index (χ1) is 15.7. The van der Waals surface area contributed by atoms with E-state index in [9.17, 15) is 35.9 Å². The van der Waals surface area contributed by atoms with Gasteiger partial charge in [-0.15, -0.1) is 0 Å². The molecule has 1 amide bonds. The number of carbonyl (C=O) groups is 2. The number of aryl methyl sites for hydroxylation is 1. The summed E-state index contributed by atoms with van der Waals surface area (Å²) in [5.74, 6) is -2.10. The summed E-state index contributed by atoms with van der Waals surface area (Å²) in [5.41, 5.74) is -0.713. The number of Topliss-reactive ketones (excluding diaryl/α,β-unsaturated/α-hetero) is 1. The molecule has 1 aromatic carbocycles. The lowest BCUT2D eigenvalue weighted by Gasteiger charge is -2.18. The van der Waals surface area contributed by atoms with Crippen molar-refractivity contribution in [1.82, 2.24) is 24.2 Å². The van der Waals surface area contributed by atoms with Crippen molar-refractivity contribution in [2.45, 2.75) is 39.3 Å². The van der Waals surface area contributed by atoms with Crippen LogP contribution in [0.15, 0.2) is 36.7 Å². The van der Waals surface area contributed by atoms with Crippen LogP contribution >= 0.6 is 0 Å². The highest BCUT2D eigenvalue weighted by Crippen LogP contribution is 2.31. The molecule has 0 aliphatic rings. The van der Waals surface area contributed by atoms with Crippen molar-refractivity contribution in [2.24, 2.45) is 0 Å². The second kappa shape index (κ2) is 8.95. The number of hydrogen-bond donors (Lipinski definition) is 0. The lowest BCUT2D eigenvalue weighted by atomic mass is 10.1. The van der Waals surface area contributed by atoms with Gasteiger partial charge in [0.1, 0.15) is 12.4 Å². The number of halogens is 6. The molecule has 0 aliphatic carbocycles. The van der Waals surface area contributed by atoms with Crippen LogP contribution in [0, 0.1) is 13.8 Å². The standard InChI is InChI=1S/C21H19F6N5O2/c1-12-17(13(2)32(29-12)15-6-4-5-14(9-15)21(25,26)27)18(33)19(34)30(3)10-16-28-7-8-31(16)11-20(22,23)24/h4-9H,10-11H2,1-3H3. The Morgan fingerprint density at radius 3 is 2.38 bits per heavy atom. The molecule has 34 heavy (non-hydrogen) atoms. The summed E-state index contributed by atoms with van der Waals surface area (Å²) in [5, 5.41) is 4.11. The Morgan fingerprint density at radius 1 is 1.09 bits per heavy atom. The number of nitrogens with zero attached hydrogens (tertiary/aromatic N) is 5. The monoisotopic (exact) mass is 487 g/mol. The number of carbonyl (C=O) groups excluding carboxylic acids is 2. The molecule has 0 saturated carbocycles. The van der Waals surface area contributed by atoms with Crippen LogP contribution in [0.25, 0.3) is 5.69 Å². The van der Waals surface area contributed by atoms with Crippen molar-refractivity contribution < 1.29 is 35.9 Å². The van der Waals surface area contributed by atoms with Crippen LogP contribution in [0.5, 0.6) is 0 Å². The van der Waals surface area contributed by atoms with Crippen LogP contribution < -0.4 is 0 Å². The van der Waals surface area contributed by atoms with E-state index in [1.54, 1.807) is 0 Å². The fraction of sp³-hybridized carbons (Fsp3) is 0.333. The number of benzene rings is 1. The van der Waals surface area contributed by atoms with Gasteiger partial charge in [0, 0.05) is 19.4 Å². The minimum absolute atomic E-state index is 0.0458. The van der Waals surface area contributed by atoms with Gasteiger partial charge in [0.05, 0.1) is 34.7 Å². The minimum Gasteiger partial charge on any atom is -0.331 e. The predicted molar refractivity (Wildman–Crippen MR) is 107 cm³/mol. The summed E-state index contributed by atoms with van der Waals surface area (Å²) in [6.07, 6.45) is -6.83.